The molecule has 0 bridgehead atoms. The van der Waals surface area contributed by atoms with Gasteiger partial charge in [0, 0.05) is 51.7 Å². The number of aromatic nitrogens is 2. The third kappa shape index (κ3) is 3.82. The lowest BCUT2D eigenvalue weighted by atomic mass is 10.2. The van der Waals surface area contributed by atoms with Crippen molar-refractivity contribution in [3.8, 4) is 0 Å². The molecule has 126 valence electrons. The number of urea groups is 1. The van der Waals surface area contributed by atoms with E-state index in [2.05, 4.69) is 27.0 Å². The summed E-state index contributed by atoms with van der Waals surface area (Å²) in [6.07, 6.45) is 3.50. The first-order chi connectivity index (χ1) is 11.8. The van der Waals surface area contributed by atoms with Crippen LogP contribution in [0.1, 0.15) is 12.5 Å². The van der Waals surface area contributed by atoms with Crippen LogP contribution >= 0.6 is 0 Å². The van der Waals surface area contributed by atoms with Gasteiger partial charge in [0.25, 0.3) is 0 Å². The van der Waals surface area contributed by atoms with Gasteiger partial charge in [-0.1, -0.05) is 30.3 Å². The monoisotopic (exact) mass is 325 g/mol. The lowest BCUT2D eigenvalue weighted by Gasteiger charge is -2.37. The van der Waals surface area contributed by atoms with Crippen molar-refractivity contribution < 1.29 is 4.79 Å². The normalized spacial score (nSPS) is 14.5. The second-order valence-electron chi connectivity index (χ2n) is 5.81. The lowest BCUT2D eigenvalue weighted by molar-refractivity contribution is 0.149. The zero-order valence-corrected chi connectivity index (χ0v) is 14.0. The molecular weight excluding hydrogens is 302 g/mol. The van der Waals surface area contributed by atoms with Gasteiger partial charge in [0.15, 0.2) is 0 Å². The van der Waals surface area contributed by atoms with Crippen molar-refractivity contribution in [2.45, 2.75) is 13.5 Å². The standard InChI is InChI=1S/C18H23N5O/c1-2-21(15-16-7-4-3-5-8-16)18(24)23-13-11-22(12-14-23)17-19-9-6-10-20-17/h3-10H,2,11-15H2,1H3. The van der Waals surface area contributed by atoms with Gasteiger partial charge in [-0.05, 0) is 18.6 Å². The number of rotatable bonds is 4. The topological polar surface area (TPSA) is 52.6 Å². The van der Waals surface area contributed by atoms with Gasteiger partial charge in [0.1, 0.15) is 0 Å². The number of benzene rings is 1. The summed E-state index contributed by atoms with van der Waals surface area (Å²) in [7, 11) is 0. The molecule has 0 atom stereocenters. The molecule has 2 aromatic rings. The highest BCUT2D eigenvalue weighted by molar-refractivity contribution is 5.74. The van der Waals surface area contributed by atoms with Gasteiger partial charge in [0.05, 0.1) is 0 Å². The van der Waals surface area contributed by atoms with E-state index in [1.54, 1.807) is 12.4 Å². The maximum absolute atomic E-state index is 12.8. The summed E-state index contributed by atoms with van der Waals surface area (Å²) in [5.41, 5.74) is 1.16. The van der Waals surface area contributed by atoms with Crippen molar-refractivity contribution in [3.05, 3.63) is 54.4 Å². The van der Waals surface area contributed by atoms with Gasteiger partial charge in [0.2, 0.25) is 5.95 Å². The minimum atomic E-state index is 0.106. The number of carbonyl (C=O) groups excluding carboxylic acids is 1. The second-order valence-corrected chi connectivity index (χ2v) is 5.81. The van der Waals surface area contributed by atoms with Gasteiger partial charge in [-0.2, -0.15) is 0 Å². The molecule has 1 saturated heterocycles. The fraction of sp³-hybridized carbons (Fsp3) is 0.389. The van der Waals surface area contributed by atoms with Crippen LogP contribution in [0.15, 0.2) is 48.8 Å². The van der Waals surface area contributed by atoms with Crippen LogP contribution in [0.4, 0.5) is 10.7 Å². The molecule has 0 aliphatic carbocycles. The maximum atomic E-state index is 12.8. The largest absolute Gasteiger partial charge is 0.337 e. The minimum Gasteiger partial charge on any atom is -0.337 e. The smallest absolute Gasteiger partial charge is 0.320 e. The van der Waals surface area contributed by atoms with Gasteiger partial charge in [-0.3, -0.25) is 0 Å². The quantitative estimate of drug-likeness (QED) is 0.865. The Morgan fingerprint density at radius 3 is 2.33 bits per heavy atom. The van der Waals surface area contributed by atoms with Crippen molar-refractivity contribution >= 4 is 12.0 Å². The first-order valence-electron chi connectivity index (χ1n) is 8.37. The highest BCUT2D eigenvalue weighted by Gasteiger charge is 2.25. The Hall–Kier alpha value is -2.63. The summed E-state index contributed by atoms with van der Waals surface area (Å²) in [5, 5.41) is 0. The van der Waals surface area contributed by atoms with E-state index in [0.29, 0.717) is 26.2 Å². The fourth-order valence-electron chi connectivity index (χ4n) is 2.87. The summed E-state index contributed by atoms with van der Waals surface area (Å²) in [4.78, 5) is 27.3. The molecule has 2 heterocycles. The molecule has 0 N–H and O–H groups in total. The Morgan fingerprint density at radius 2 is 1.71 bits per heavy atom. The van der Waals surface area contributed by atoms with E-state index < -0.39 is 0 Å². The molecule has 0 unspecified atom stereocenters. The summed E-state index contributed by atoms with van der Waals surface area (Å²) in [6.45, 7) is 6.30. The van der Waals surface area contributed by atoms with Crippen LogP contribution < -0.4 is 4.90 Å². The molecule has 1 aromatic heterocycles. The number of anilines is 1. The Morgan fingerprint density at radius 1 is 1.04 bits per heavy atom. The van der Waals surface area contributed by atoms with E-state index in [-0.39, 0.29) is 6.03 Å². The molecule has 1 aliphatic heterocycles. The van der Waals surface area contributed by atoms with Crippen LogP contribution in [-0.4, -0.2) is 58.5 Å². The van der Waals surface area contributed by atoms with E-state index >= 15 is 0 Å². The summed E-state index contributed by atoms with van der Waals surface area (Å²) < 4.78 is 0. The van der Waals surface area contributed by atoms with Crippen LogP contribution in [0.25, 0.3) is 0 Å². The number of amides is 2. The van der Waals surface area contributed by atoms with Gasteiger partial charge in [-0.25, -0.2) is 14.8 Å². The molecule has 1 fully saturated rings. The molecule has 6 heteroatoms. The molecule has 24 heavy (non-hydrogen) atoms. The van der Waals surface area contributed by atoms with Gasteiger partial charge in [-0.15, -0.1) is 0 Å². The van der Waals surface area contributed by atoms with E-state index in [9.17, 15) is 4.79 Å². The highest BCUT2D eigenvalue weighted by Crippen LogP contribution is 2.13. The first-order valence-corrected chi connectivity index (χ1v) is 8.37. The van der Waals surface area contributed by atoms with Crippen LogP contribution in [0, 0.1) is 0 Å². The van der Waals surface area contributed by atoms with E-state index in [4.69, 9.17) is 0 Å². The molecular formula is C18H23N5O. The molecule has 1 aromatic carbocycles. The van der Waals surface area contributed by atoms with Crippen molar-refractivity contribution in [2.24, 2.45) is 0 Å². The fourth-order valence-corrected chi connectivity index (χ4v) is 2.87. The molecule has 1 aliphatic rings. The molecule has 0 saturated carbocycles. The molecule has 6 nitrogen and oxygen atoms in total. The number of nitrogens with zero attached hydrogens (tertiary/aromatic N) is 5. The SMILES string of the molecule is CCN(Cc1ccccc1)C(=O)N1CCN(c2ncccn2)CC1. The predicted molar refractivity (Wildman–Crippen MR) is 93.7 cm³/mol. The Labute approximate surface area is 142 Å². The average Bonchev–Trinajstić information content (AvgIpc) is 2.67. The lowest BCUT2D eigenvalue weighted by Crippen LogP contribution is -2.53. The van der Waals surface area contributed by atoms with Gasteiger partial charge >= 0.3 is 6.03 Å². The molecule has 0 spiro atoms. The summed E-state index contributed by atoms with van der Waals surface area (Å²) in [6, 6.07) is 12.0. The number of piperazine rings is 1. The van der Waals surface area contributed by atoms with Crippen LogP contribution in [0.5, 0.6) is 0 Å². The second kappa shape index (κ2) is 7.77. The Balaban J connectivity index is 1.57. The first kappa shape index (κ1) is 16.2. The Kier molecular flexibility index (Phi) is 5.25. The van der Waals surface area contributed by atoms with Gasteiger partial charge < -0.3 is 14.7 Å². The zero-order valence-electron chi connectivity index (χ0n) is 14.0. The number of hydrogen-bond acceptors (Lipinski definition) is 4. The van der Waals surface area contributed by atoms with Crippen molar-refractivity contribution in [1.29, 1.82) is 0 Å². The van der Waals surface area contributed by atoms with Crippen molar-refractivity contribution in [2.75, 3.05) is 37.6 Å². The highest BCUT2D eigenvalue weighted by atomic mass is 16.2. The Bertz CT molecular complexity index is 641. The summed E-state index contributed by atoms with van der Waals surface area (Å²) >= 11 is 0. The third-order valence-corrected chi connectivity index (χ3v) is 4.25. The number of carbonyl (C=O) groups is 1. The average molecular weight is 325 g/mol. The molecule has 0 radical (unpaired) electrons. The molecule has 2 amide bonds. The predicted octanol–water partition coefficient (Wildman–Crippen LogP) is 2.24. The van der Waals surface area contributed by atoms with E-state index in [0.717, 1.165) is 24.6 Å². The summed E-state index contributed by atoms with van der Waals surface area (Å²) in [5.74, 6) is 0.737. The van der Waals surface area contributed by atoms with Crippen LogP contribution in [0.2, 0.25) is 0 Å². The van der Waals surface area contributed by atoms with Crippen LogP contribution in [-0.2, 0) is 6.54 Å². The van der Waals surface area contributed by atoms with Crippen LogP contribution in [0.3, 0.4) is 0 Å². The zero-order chi connectivity index (χ0) is 16.8. The van der Waals surface area contributed by atoms with Crippen molar-refractivity contribution in [1.82, 2.24) is 19.8 Å². The number of hydrogen-bond donors (Lipinski definition) is 0. The minimum absolute atomic E-state index is 0.106. The van der Waals surface area contributed by atoms with E-state index in [1.807, 2.05) is 41.0 Å². The van der Waals surface area contributed by atoms with E-state index in [1.165, 1.54) is 0 Å². The van der Waals surface area contributed by atoms with Crippen molar-refractivity contribution in [3.63, 3.8) is 0 Å². The molecule has 3 rings (SSSR count). The maximum Gasteiger partial charge on any atom is 0.320 e. The third-order valence-electron chi connectivity index (χ3n) is 4.25.